The van der Waals surface area contributed by atoms with E-state index in [0.29, 0.717) is 34.0 Å². The van der Waals surface area contributed by atoms with E-state index in [9.17, 15) is 29.1 Å². The Morgan fingerprint density at radius 3 is 2.65 bits per heavy atom. The van der Waals surface area contributed by atoms with E-state index in [-0.39, 0.29) is 25.3 Å². The zero-order chi connectivity index (χ0) is 36.3. The van der Waals surface area contributed by atoms with Crippen LogP contribution in [0.4, 0.5) is 4.79 Å². The van der Waals surface area contributed by atoms with E-state index in [0.717, 1.165) is 19.3 Å². The number of thiophene rings is 1. The number of alkyl carbamates (subject to hydrolysis) is 1. The Morgan fingerprint density at radius 1 is 1.16 bits per heavy atom. The van der Waals surface area contributed by atoms with Gasteiger partial charge in [-0.15, -0.1) is 0 Å². The van der Waals surface area contributed by atoms with Crippen molar-refractivity contribution in [2.45, 2.75) is 105 Å². The van der Waals surface area contributed by atoms with Crippen LogP contribution in [0.25, 0.3) is 11.1 Å². The summed E-state index contributed by atoms with van der Waals surface area (Å²) in [5.41, 5.74) is -1.66. The van der Waals surface area contributed by atoms with Gasteiger partial charge in [-0.25, -0.2) is 24.2 Å². The van der Waals surface area contributed by atoms with E-state index < -0.39 is 58.7 Å². The standard InChI is InChI=1S/C35H41N7O7S2/c1-34(2,3)49-33(48)39-24-11-8-6-4-5-7-10-22-17-35(22,31(46)47)40-28(43)25-16-23(19-41(25)29(24)44)42-30(45)27(21-12-15-50-20-21)26(18-38-42)51-32-36-13-9-14-37-32/h7,9-10,12-15,18,20,22-25H,4-6,8,11,16-17,19H2,1-3H3,(H,39,48)(H,40,43)(H,46,47)/b10-7-/t22-,23-,24+,25+,35-/m1/s1. The van der Waals surface area contributed by atoms with Crippen LogP contribution in [0.15, 0.2) is 68.5 Å². The topological polar surface area (TPSA) is 186 Å². The number of aliphatic carboxylic acids is 1. The Hall–Kier alpha value is -4.57. The molecule has 1 saturated carbocycles. The minimum Gasteiger partial charge on any atom is -0.479 e. The van der Waals surface area contributed by atoms with E-state index >= 15 is 0 Å². The maximum Gasteiger partial charge on any atom is 0.408 e. The molecule has 2 aliphatic heterocycles. The molecular formula is C35H41N7O7S2. The van der Waals surface area contributed by atoms with Crippen molar-refractivity contribution in [1.82, 2.24) is 35.3 Å². The van der Waals surface area contributed by atoms with Gasteiger partial charge in [-0.3, -0.25) is 14.4 Å². The van der Waals surface area contributed by atoms with Crippen LogP contribution in [-0.2, 0) is 19.1 Å². The lowest BCUT2D eigenvalue weighted by molar-refractivity contribution is -0.145. The second kappa shape index (κ2) is 15.0. The number of carbonyl (C=O) groups is 4. The number of ether oxygens (including phenoxy) is 1. The van der Waals surface area contributed by atoms with Gasteiger partial charge in [-0.05, 0) is 86.7 Å². The van der Waals surface area contributed by atoms with Crippen molar-refractivity contribution in [2.75, 3.05) is 6.54 Å². The van der Waals surface area contributed by atoms with Crippen LogP contribution in [0.3, 0.4) is 0 Å². The van der Waals surface area contributed by atoms with Crippen LogP contribution >= 0.6 is 23.1 Å². The highest BCUT2D eigenvalue weighted by atomic mass is 32.2. The first-order valence-electron chi connectivity index (χ1n) is 17.0. The molecule has 3 aromatic rings. The van der Waals surface area contributed by atoms with E-state index in [1.165, 1.54) is 32.7 Å². The number of hydrogen-bond acceptors (Lipinski definition) is 11. The minimum absolute atomic E-state index is 0.00277. The van der Waals surface area contributed by atoms with E-state index in [1.807, 2.05) is 29.0 Å². The maximum absolute atomic E-state index is 14.4. The lowest BCUT2D eigenvalue weighted by atomic mass is 10.0. The molecule has 5 atom stereocenters. The van der Waals surface area contributed by atoms with Crippen molar-refractivity contribution in [3.8, 4) is 11.1 Å². The summed E-state index contributed by atoms with van der Waals surface area (Å²) in [6, 6.07) is 0.629. The van der Waals surface area contributed by atoms with Crippen LogP contribution < -0.4 is 16.2 Å². The number of nitrogens with one attached hydrogen (secondary N) is 2. The molecule has 270 valence electrons. The van der Waals surface area contributed by atoms with Crippen LogP contribution in [0.1, 0.15) is 71.8 Å². The third-order valence-electron chi connectivity index (χ3n) is 9.20. The highest BCUT2D eigenvalue weighted by Crippen LogP contribution is 2.45. The number of rotatable bonds is 6. The van der Waals surface area contributed by atoms with Crippen LogP contribution in [0.5, 0.6) is 0 Å². The Labute approximate surface area is 303 Å². The molecule has 16 heteroatoms. The van der Waals surface area contributed by atoms with E-state index in [1.54, 1.807) is 45.4 Å². The largest absolute Gasteiger partial charge is 0.479 e. The fraction of sp³-hybridized carbons (Fsp3) is 0.486. The lowest BCUT2D eigenvalue weighted by Crippen LogP contribution is -2.56. The molecule has 3 N–H and O–H groups in total. The highest BCUT2D eigenvalue weighted by molar-refractivity contribution is 7.99. The summed E-state index contributed by atoms with van der Waals surface area (Å²) in [6.07, 6.45) is 11.2. The molecule has 3 amide bonds. The third-order valence-corrected chi connectivity index (χ3v) is 10.8. The second-order valence-corrected chi connectivity index (χ2v) is 15.8. The smallest absolute Gasteiger partial charge is 0.408 e. The molecule has 3 aromatic heterocycles. The molecule has 3 aliphatic rings. The molecule has 1 saturated heterocycles. The zero-order valence-electron chi connectivity index (χ0n) is 28.6. The minimum atomic E-state index is -1.49. The number of amides is 3. The maximum atomic E-state index is 14.4. The van der Waals surface area contributed by atoms with Crippen LogP contribution in [0, 0.1) is 5.92 Å². The van der Waals surface area contributed by atoms with Crippen LogP contribution in [0.2, 0.25) is 0 Å². The van der Waals surface area contributed by atoms with Gasteiger partial charge in [0.15, 0.2) is 5.16 Å². The van der Waals surface area contributed by atoms with Crippen molar-refractivity contribution in [3.63, 3.8) is 0 Å². The second-order valence-electron chi connectivity index (χ2n) is 14.0. The molecule has 0 spiro atoms. The molecule has 0 radical (unpaired) electrons. The average molecular weight is 736 g/mol. The zero-order valence-corrected chi connectivity index (χ0v) is 30.2. The highest BCUT2D eigenvalue weighted by Gasteiger charge is 2.61. The number of allylic oxidation sites excluding steroid dienone is 1. The van der Waals surface area contributed by atoms with Gasteiger partial charge in [-0.1, -0.05) is 25.0 Å². The van der Waals surface area contributed by atoms with Gasteiger partial charge in [0.25, 0.3) is 5.56 Å². The number of hydrogen-bond donors (Lipinski definition) is 3. The molecule has 5 heterocycles. The van der Waals surface area contributed by atoms with E-state index in [2.05, 4.69) is 25.7 Å². The Balaban J connectivity index is 1.36. The van der Waals surface area contributed by atoms with Gasteiger partial charge in [0.05, 0.1) is 17.8 Å². The first-order valence-corrected chi connectivity index (χ1v) is 18.7. The Kier molecular flexibility index (Phi) is 10.6. The van der Waals surface area contributed by atoms with Crippen molar-refractivity contribution >= 4 is 47.0 Å². The molecule has 6 rings (SSSR count). The molecule has 0 bridgehead atoms. The van der Waals surface area contributed by atoms with Crippen molar-refractivity contribution in [1.29, 1.82) is 0 Å². The molecule has 51 heavy (non-hydrogen) atoms. The van der Waals surface area contributed by atoms with Crippen molar-refractivity contribution in [3.05, 3.63) is 64.0 Å². The van der Waals surface area contributed by atoms with Gasteiger partial charge in [0.2, 0.25) is 11.8 Å². The SMILES string of the molecule is CC(C)(C)OC(=O)N[C@H]1CCCCC/C=C\[C@@H]2C[C@@]2(C(=O)O)NC(=O)[C@@H]2C[C@@H](n3ncc(Sc4ncccn4)c(-c4ccsc4)c3=O)CN2C1=O. The molecule has 1 aliphatic carbocycles. The quantitative estimate of drug-likeness (QED) is 0.240. The monoisotopic (exact) mass is 735 g/mol. The predicted octanol–water partition coefficient (Wildman–Crippen LogP) is 4.43. The molecule has 2 fully saturated rings. The fourth-order valence-corrected chi connectivity index (χ4v) is 8.08. The summed E-state index contributed by atoms with van der Waals surface area (Å²) in [6.45, 7) is 5.09. The van der Waals surface area contributed by atoms with Gasteiger partial charge in [0.1, 0.15) is 23.2 Å². The number of carboxylic acid groups (broad SMARTS) is 1. The Morgan fingerprint density at radius 2 is 1.94 bits per heavy atom. The number of carbonyl (C=O) groups excluding carboxylic acids is 3. The van der Waals surface area contributed by atoms with Gasteiger partial charge in [-0.2, -0.15) is 16.4 Å². The molecule has 14 nitrogen and oxygen atoms in total. The first-order chi connectivity index (χ1) is 24.4. The summed E-state index contributed by atoms with van der Waals surface area (Å²) < 4.78 is 6.77. The molecule has 0 unspecified atom stereocenters. The third kappa shape index (κ3) is 8.17. The number of carboxylic acids is 1. The van der Waals surface area contributed by atoms with Gasteiger partial charge >= 0.3 is 12.1 Å². The van der Waals surface area contributed by atoms with Crippen LogP contribution in [-0.4, -0.2) is 83.4 Å². The summed E-state index contributed by atoms with van der Waals surface area (Å²) in [5.74, 6) is -2.70. The average Bonchev–Trinajstić information content (AvgIpc) is 3.38. The summed E-state index contributed by atoms with van der Waals surface area (Å²) in [5, 5.41) is 24.3. The van der Waals surface area contributed by atoms with Crippen molar-refractivity contribution in [2.24, 2.45) is 5.92 Å². The normalized spacial score (nSPS) is 26.1. The van der Waals surface area contributed by atoms with E-state index in [4.69, 9.17) is 4.74 Å². The number of nitrogens with zero attached hydrogens (tertiary/aromatic N) is 5. The predicted molar refractivity (Wildman–Crippen MR) is 189 cm³/mol. The van der Waals surface area contributed by atoms with Crippen molar-refractivity contribution < 1.29 is 29.0 Å². The summed E-state index contributed by atoms with van der Waals surface area (Å²) in [7, 11) is 0. The number of aromatic nitrogens is 4. The Bertz CT molecular complexity index is 1860. The fourth-order valence-electron chi connectivity index (χ4n) is 6.60. The summed E-state index contributed by atoms with van der Waals surface area (Å²) >= 11 is 2.63. The van der Waals surface area contributed by atoms with Gasteiger partial charge in [0, 0.05) is 36.2 Å². The first kappa shape index (κ1) is 36.2. The van der Waals surface area contributed by atoms with Gasteiger partial charge < -0.3 is 25.4 Å². The molecular weight excluding hydrogens is 695 g/mol. The lowest BCUT2D eigenvalue weighted by Gasteiger charge is -2.30. The summed E-state index contributed by atoms with van der Waals surface area (Å²) in [4.78, 5) is 78.7. The molecule has 0 aromatic carbocycles. The number of fused-ring (bicyclic) bond motifs is 2.